The molecule has 0 radical (unpaired) electrons. The van der Waals surface area contributed by atoms with Crippen LogP contribution in [0.5, 0.6) is 0 Å². The summed E-state index contributed by atoms with van der Waals surface area (Å²) >= 11 is 0. The first-order chi connectivity index (χ1) is 9.15. The van der Waals surface area contributed by atoms with Crippen LogP contribution in [0.2, 0.25) is 0 Å². The molecule has 1 unspecified atom stereocenters. The Morgan fingerprint density at radius 2 is 1.75 bits per heavy atom. The van der Waals surface area contributed by atoms with E-state index in [1.54, 1.807) is 6.92 Å². The molecule has 0 aromatic heterocycles. The van der Waals surface area contributed by atoms with Crippen molar-refractivity contribution in [3.8, 4) is 0 Å². The van der Waals surface area contributed by atoms with Gasteiger partial charge in [0.1, 0.15) is 9.84 Å². The van der Waals surface area contributed by atoms with Gasteiger partial charge >= 0.3 is 6.18 Å². The van der Waals surface area contributed by atoms with Gasteiger partial charge in [-0.3, -0.25) is 0 Å². The second kappa shape index (κ2) is 7.11. The molecular formula is C13H24F3NO2S. The highest BCUT2D eigenvalue weighted by Gasteiger charge is 2.42. The lowest BCUT2D eigenvalue weighted by Gasteiger charge is -2.33. The molecule has 0 aromatic rings. The van der Waals surface area contributed by atoms with Gasteiger partial charge in [0.2, 0.25) is 0 Å². The molecule has 20 heavy (non-hydrogen) atoms. The van der Waals surface area contributed by atoms with Crippen molar-refractivity contribution in [1.82, 2.24) is 0 Å². The van der Waals surface area contributed by atoms with E-state index in [1.807, 2.05) is 0 Å². The van der Waals surface area contributed by atoms with Crippen LogP contribution < -0.4 is 5.73 Å². The zero-order valence-corrected chi connectivity index (χ0v) is 12.6. The molecule has 0 saturated heterocycles. The van der Waals surface area contributed by atoms with Crippen LogP contribution in [0.1, 0.15) is 45.4 Å². The fraction of sp³-hybridized carbons (Fsp3) is 1.00. The third-order valence-electron chi connectivity index (χ3n) is 4.27. The molecule has 1 fully saturated rings. The molecule has 1 aliphatic carbocycles. The first kappa shape index (κ1) is 17.8. The van der Waals surface area contributed by atoms with Gasteiger partial charge in [0.05, 0.1) is 11.7 Å². The van der Waals surface area contributed by atoms with Crippen molar-refractivity contribution >= 4 is 9.84 Å². The fourth-order valence-electron chi connectivity index (χ4n) is 2.79. The minimum absolute atomic E-state index is 0.0953. The Morgan fingerprint density at radius 3 is 2.20 bits per heavy atom. The molecular weight excluding hydrogens is 291 g/mol. The minimum atomic E-state index is -4.09. The Kier molecular flexibility index (Phi) is 6.31. The standard InChI is InChI=1S/C13H24F3NO2S/c1-2-20(18,19)9-3-4-12(17)10-5-7-11(8-6-10)13(14,15)16/h10-12H,2-9,17H2,1H3. The van der Waals surface area contributed by atoms with Gasteiger partial charge in [0, 0.05) is 11.8 Å². The van der Waals surface area contributed by atoms with Gasteiger partial charge in [-0.1, -0.05) is 6.92 Å². The van der Waals surface area contributed by atoms with Crippen LogP contribution in [0.15, 0.2) is 0 Å². The van der Waals surface area contributed by atoms with Crippen molar-refractivity contribution in [3.63, 3.8) is 0 Å². The molecule has 0 aromatic carbocycles. The second-order valence-corrected chi connectivity index (χ2v) is 8.17. The third-order valence-corrected chi connectivity index (χ3v) is 6.06. The van der Waals surface area contributed by atoms with Gasteiger partial charge < -0.3 is 5.73 Å². The number of nitrogens with two attached hydrogens (primary N) is 1. The molecule has 1 rings (SSSR count). The van der Waals surface area contributed by atoms with E-state index >= 15 is 0 Å². The molecule has 1 atom stereocenters. The van der Waals surface area contributed by atoms with Crippen LogP contribution in [0, 0.1) is 11.8 Å². The van der Waals surface area contributed by atoms with E-state index in [4.69, 9.17) is 5.73 Å². The summed E-state index contributed by atoms with van der Waals surface area (Å²) in [4.78, 5) is 0. The Labute approximate surface area is 119 Å². The number of hydrogen-bond donors (Lipinski definition) is 1. The van der Waals surface area contributed by atoms with Gasteiger partial charge in [0.25, 0.3) is 0 Å². The highest BCUT2D eigenvalue weighted by molar-refractivity contribution is 7.91. The van der Waals surface area contributed by atoms with Crippen LogP contribution in [0.4, 0.5) is 13.2 Å². The fourth-order valence-corrected chi connectivity index (χ4v) is 3.69. The van der Waals surface area contributed by atoms with E-state index in [0.29, 0.717) is 25.7 Å². The van der Waals surface area contributed by atoms with Gasteiger partial charge in [0.15, 0.2) is 0 Å². The van der Waals surface area contributed by atoms with Crippen molar-refractivity contribution in [2.75, 3.05) is 11.5 Å². The second-order valence-electron chi connectivity index (χ2n) is 5.70. The molecule has 0 aliphatic heterocycles. The summed E-state index contributed by atoms with van der Waals surface area (Å²) < 4.78 is 60.3. The van der Waals surface area contributed by atoms with Crippen molar-refractivity contribution in [2.24, 2.45) is 17.6 Å². The molecule has 120 valence electrons. The highest BCUT2D eigenvalue weighted by atomic mass is 32.2. The predicted octanol–water partition coefficient (Wildman–Crippen LogP) is 2.90. The Bertz CT molecular complexity index is 387. The maximum Gasteiger partial charge on any atom is 0.391 e. The Morgan fingerprint density at radius 1 is 1.20 bits per heavy atom. The average Bonchev–Trinajstić information content (AvgIpc) is 2.37. The van der Waals surface area contributed by atoms with Crippen molar-refractivity contribution in [3.05, 3.63) is 0 Å². The predicted molar refractivity (Wildman–Crippen MR) is 73.0 cm³/mol. The molecule has 7 heteroatoms. The van der Waals surface area contributed by atoms with Crippen molar-refractivity contribution in [2.45, 2.75) is 57.7 Å². The lowest BCUT2D eigenvalue weighted by atomic mass is 9.77. The van der Waals surface area contributed by atoms with Crippen LogP contribution in [0.25, 0.3) is 0 Å². The van der Waals surface area contributed by atoms with E-state index in [9.17, 15) is 21.6 Å². The molecule has 0 spiro atoms. The lowest BCUT2D eigenvalue weighted by Crippen LogP contribution is -2.36. The third kappa shape index (κ3) is 5.60. The van der Waals surface area contributed by atoms with E-state index in [0.717, 1.165) is 0 Å². The topological polar surface area (TPSA) is 60.2 Å². The van der Waals surface area contributed by atoms with E-state index in [2.05, 4.69) is 0 Å². The van der Waals surface area contributed by atoms with Crippen LogP contribution >= 0.6 is 0 Å². The molecule has 0 amide bonds. The quantitative estimate of drug-likeness (QED) is 0.820. The number of rotatable bonds is 6. The van der Waals surface area contributed by atoms with Crippen molar-refractivity contribution in [1.29, 1.82) is 0 Å². The number of alkyl halides is 3. The average molecular weight is 315 g/mol. The largest absolute Gasteiger partial charge is 0.391 e. The van der Waals surface area contributed by atoms with E-state index in [-0.39, 0.29) is 36.3 Å². The number of sulfone groups is 1. The highest BCUT2D eigenvalue weighted by Crippen LogP contribution is 2.40. The maximum atomic E-state index is 12.5. The summed E-state index contributed by atoms with van der Waals surface area (Å²) in [6.07, 6.45) is -1.75. The van der Waals surface area contributed by atoms with E-state index in [1.165, 1.54) is 0 Å². The van der Waals surface area contributed by atoms with E-state index < -0.39 is 21.9 Å². The summed E-state index contributed by atoms with van der Waals surface area (Å²) in [7, 11) is -2.98. The zero-order chi connectivity index (χ0) is 15.4. The molecule has 0 bridgehead atoms. The Balaban J connectivity index is 2.31. The molecule has 1 saturated carbocycles. The lowest BCUT2D eigenvalue weighted by molar-refractivity contribution is -0.184. The smallest absolute Gasteiger partial charge is 0.327 e. The first-order valence-corrected chi connectivity index (χ1v) is 9.00. The van der Waals surface area contributed by atoms with Crippen LogP contribution in [0.3, 0.4) is 0 Å². The monoisotopic (exact) mass is 315 g/mol. The summed E-state index contributed by atoms with van der Waals surface area (Å²) in [5.41, 5.74) is 6.00. The first-order valence-electron chi connectivity index (χ1n) is 7.18. The van der Waals surface area contributed by atoms with Gasteiger partial charge in [-0.2, -0.15) is 13.2 Å². The summed E-state index contributed by atoms with van der Waals surface area (Å²) in [6, 6.07) is -0.184. The van der Waals surface area contributed by atoms with Crippen LogP contribution in [-0.2, 0) is 9.84 Å². The Hall–Kier alpha value is -0.300. The molecule has 2 N–H and O–H groups in total. The van der Waals surface area contributed by atoms with Crippen LogP contribution in [-0.4, -0.2) is 32.1 Å². The van der Waals surface area contributed by atoms with Gasteiger partial charge in [-0.25, -0.2) is 8.42 Å². The maximum absolute atomic E-state index is 12.5. The van der Waals surface area contributed by atoms with Gasteiger partial charge in [-0.05, 0) is 44.4 Å². The zero-order valence-electron chi connectivity index (χ0n) is 11.8. The minimum Gasteiger partial charge on any atom is -0.327 e. The number of hydrogen-bond acceptors (Lipinski definition) is 3. The molecule has 1 aliphatic rings. The molecule has 3 nitrogen and oxygen atoms in total. The summed E-state index contributed by atoms with van der Waals surface area (Å²) in [5.74, 6) is -0.849. The SMILES string of the molecule is CCS(=O)(=O)CCCC(N)C1CCC(C(F)(F)F)CC1. The summed E-state index contributed by atoms with van der Waals surface area (Å²) in [6.45, 7) is 1.60. The molecule has 0 heterocycles. The summed E-state index contributed by atoms with van der Waals surface area (Å²) in [5, 5.41) is 0. The number of halogens is 3. The van der Waals surface area contributed by atoms with Crippen molar-refractivity contribution < 1.29 is 21.6 Å². The van der Waals surface area contributed by atoms with Gasteiger partial charge in [-0.15, -0.1) is 0 Å². The normalized spacial score (nSPS) is 26.4.